The first-order chi connectivity index (χ1) is 15.4. The largest absolute Gasteiger partial charge is 0.487 e. The molecule has 0 aliphatic heterocycles. The first-order valence-electron chi connectivity index (χ1n) is 9.60. The summed E-state index contributed by atoms with van der Waals surface area (Å²) in [4.78, 5) is 23.4. The van der Waals surface area contributed by atoms with Crippen LogP contribution in [-0.4, -0.2) is 17.0 Å². The quantitative estimate of drug-likeness (QED) is 0.370. The number of nitrogens with zero attached hydrogens (tertiary/aromatic N) is 1. The van der Waals surface area contributed by atoms with E-state index < -0.39 is 11.9 Å². The summed E-state index contributed by atoms with van der Waals surface area (Å²) >= 11 is 6.30. The van der Waals surface area contributed by atoms with Crippen LogP contribution in [-0.2, 0) is 11.4 Å². The minimum Gasteiger partial charge on any atom is -0.487 e. The molecule has 7 heteroatoms. The number of amides is 1. The number of benzene rings is 3. The lowest BCUT2D eigenvalue weighted by Gasteiger charge is -2.10. The average Bonchev–Trinajstić information content (AvgIpc) is 2.78. The van der Waals surface area contributed by atoms with Gasteiger partial charge in [0.05, 0.1) is 10.6 Å². The highest BCUT2D eigenvalue weighted by molar-refractivity contribution is 6.32. The van der Waals surface area contributed by atoms with Crippen molar-refractivity contribution in [1.29, 1.82) is 5.26 Å². The van der Waals surface area contributed by atoms with Gasteiger partial charge in [-0.2, -0.15) is 5.26 Å². The Labute approximate surface area is 190 Å². The monoisotopic (exact) mass is 446 g/mol. The molecular weight excluding hydrogens is 428 g/mol. The molecule has 1 amide bonds. The zero-order valence-corrected chi connectivity index (χ0v) is 17.9. The van der Waals surface area contributed by atoms with Crippen molar-refractivity contribution in [2.75, 3.05) is 5.32 Å². The van der Waals surface area contributed by atoms with Gasteiger partial charge in [0, 0.05) is 5.69 Å². The number of nitrogens with one attached hydrogen (secondary N) is 1. The molecule has 0 aliphatic carbocycles. The summed E-state index contributed by atoms with van der Waals surface area (Å²) in [6, 6.07) is 20.5. The summed E-state index contributed by atoms with van der Waals surface area (Å²) < 4.78 is 5.70. The first-order valence-corrected chi connectivity index (χ1v) is 9.98. The van der Waals surface area contributed by atoms with E-state index in [1.807, 2.05) is 25.1 Å². The second kappa shape index (κ2) is 10.3. The van der Waals surface area contributed by atoms with Gasteiger partial charge in [0.2, 0.25) is 0 Å². The smallest absolute Gasteiger partial charge is 0.335 e. The van der Waals surface area contributed by atoms with Crippen LogP contribution in [0.15, 0.2) is 72.3 Å². The third kappa shape index (κ3) is 5.75. The van der Waals surface area contributed by atoms with Gasteiger partial charge in [-0.25, -0.2) is 4.79 Å². The number of carboxylic acid groups (broad SMARTS) is 1. The lowest BCUT2D eigenvalue weighted by atomic mass is 10.1. The molecule has 0 fully saturated rings. The molecule has 3 aromatic rings. The van der Waals surface area contributed by atoms with E-state index in [2.05, 4.69) is 5.32 Å². The van der Waals surface area contributed by atoms with Crippen molar-refractivity contribution < 1.29 is 19.4 Å². The Kier molecular flexibility index (Phi) is 7.27. The SMILES string of the molecule is Cc1ccccc1NC(=O)/C(C#N)=C/c1ccc(OCc2ccc(C(=O)O)cc2)c(Cl)c1. The van der Waals surface area contributed by atoms with Crippen molar-refractivity contribution in [3.63, 3.8) is 0 Å². The number of carboxylic acids is 1. The first kappa shape index (κ1) is 22.6. The number of aromatic carboxylic acids is 1. The van der Waals surface area contributed by atoms with Crippen LogP contribution in [0.1, 0.15) is 27.0 Å². The molecule has 2 N–H and O–H groups in total. The number of aryl methyl sites for hydroxylation is 1. The zero-order chi connectivity index (χ0) is 23.1. The fourth-order valence-electron chi connectivity index (χ4n) is 2.85. The summed E-state index contributed by atoms with van der Waals surface area (Å²) in [6.07, 6.45) is 1.45. The van der Waals surface area contributed by atoms with Gasteiger partial charge in [-0.15, -0.1) is 0 Å². The van der Waals surface area contributed by atoms with E-state index in [0.29, 0.717) is 22.0 Å². The Morgan fingerprint density at radius 2 is 1.84 bits per heavy atom. The van der Waals surface area contributed by atoms with Gasteiger partial charge in [-0.1, -0.05) is 48.0 Å². The summed E-state index contributed by atoms with van der Waals surface area (Å²) in [5.41, 5.74) is 3.02. The molecule has 0 aromatic heterocycles. The van der Waals surface area contributed by atoms with Gasteiger partial charge in [-0.05, 0) is 60.0 Å². The zero-order valence-electron chi connectivity index (χ0n) is 17.1. The fourth-order valence-corrected chi connectivity index (χ4v) is 3.09. The highest BCUT2D eigenvalue weighted by Gasteiger charge is 2.12. The molecule has 0 heterocycles. The van der Waals surface area contributed by atoms with Crippen LogP contribution in [0.4, 0.5) is 5.69 Å². The molecule has 32 heavy (non-hydrogen) atoms. The van der Waals surface area contributed by atoms with E-state index in [9.17, 15) is 14.9 Å². The number of ether oxygens (including phenoxy) is 1. The number of carbonyl (C=O) groups is 2. The number of halogens is 1. The number of hydrogen-bond donors (Lipinski definition) is 2. The van der Waals surface area contributed by atoms with Crippen LogP contribution in [0.5, 0.6) is 5.75 Å². The molecule has 0 saturated heterocycles. The van der Waals surface area contributed by atoms with Crippen LogP contribution in [0.25, 0.3) is 6.08 Å². The molecule has 0 radical (unpaired) electrons. The lowest BCUT2D eigenvalue weighted by Crippen LogP contribution is -2.14. The van der Waals surface area contributed by atoms with E-state index in [-0.39, 0.29) is 17.7 Å². The average molecular weight is 447 g/mol. The van der Waals surface area contributed by atoms with Crippen LogP contribution < -0.4 is 10.1 Å². The highest BCUT2D eigenvalue weighted by atomic mass is 35.5. The number of carbonyl (C=O) groups excluding carboxylic acids is 1. The number of para-hydroxylation sites is 1. The van der Waals surface area contributed by atoms with Gasteiger partial charge in [0.15, 0.2) is 0 Å². The summed E-state index contributed by atoms with van der Waals surface area (Å²) in [6.45, 7) is 2.07. The minimum atomic E-state index is -0.992. The molecule has 160 valence electrons. The van der Waals surface area contributed by atoms with E-state index in [1.54, 1.807) is 42.5 Å². The molecular formula is C25H19ClN2O4. The maximum absolute atomic E-state index is 12.5. The van der Waals surface area contributed by atoms with Crippen molar-refractivity contribution in [3.05, 3.63) is 99.6 Å². The molecule has 0 spiro atoms. The van der Waals surface area contributed by atoms with E-state index in [0.717, 1.165) is 11.1 Å². The third-order valence-electron chi connectivity index (χ3n) is 4.62. The van der Waals surface area contributed by atoms with Crippen LogP contribution in [0, 0.1) is 18.3 Å². The Morgan fingerprint density at radius 3 is 2.47 bits per heavy atom. The Hall–Kier alpha value is -4.08. The standard InChI is InChI=1S/C25H19ClN2O4/c1-16-4-2-3-5-22(16)28-24(29)20(14-27)12-18-8-11-23(21(26)13-18)32-15-17-6-9-19(10-7-17)25(30)31/h2-13H,15H2,1H3,(H,28,29)(H,30,31)/b20-12+. The van der Waals surface area contributed by atoms with Crippen LogP contribution in [0.3, 0.4) is 0 Å². The number of nitriles is 1. The van der Waals surface area contributed by atoms with Crippen molar-refractivity contribution in [1.82, 2.24) is 0 Å². The second-order valence-corrected chi connectivity index (χ2v) is 7.33. The maximum Gasteiger partial charge on any atom is 0.335 e. The van der Waals surface area contributed by atoms with Gasteiger partial charge in [0.1, 0.15) is 24.0 Å². The maximum atomic E-state index is 12.5. The van der Waals surface area contributed by atoms with Crippen molar-refractivity contribution in [2.24, 2.45) is 0 Å². The molecule has 3 rings (SSSR count). The Bertz CT molecular complexity index is 1230. The van der Waals surface area contributed by atoms with E-state index in [1.165, 1.54) is 18.2 Å². The molecule has 0 bridgehead atoms. The highest BCUT2D eigenvalue weighted by Crippen LogP contribution is 2.27. The summed E-state index contributed by atoms with van der Waals surface area (Å²) in [5, 5.41) is 21.4. The number of rotatable bonds is 7. The lowest BCUT2D eigenvalue weighted by molar-refractivity contribution is -0.112. The van der Waals surface area contributed by atoms with Gasteiger partial charge < -0.3 is 15.2 Å². The molecule has 0 atom stereocenters. The molecule has 3 aromatic carbocycles. The normalized spacial score (nSPS) is 10.8. The van der Waals surface area contributed by atoms with E-state index in [4.69, 9.17) is 21.4 Å². The number of anilines is 1. The summed E-state index contributed by atoms with van der Waals surface area (Å²) in [5.74, 6) is -1.08. The molecule has 0 unspecified atom stereocenters. The van der Waals surface area contributed by atoms with E-state index >= 15 is 0 Å². The Balaban J connectivity index is 1.69. The van der Waals surface area contributed by atoms with Gasteiger partial charge >= 0.3 is 5.97 Å². The van der Waals surface area contributed by atoms with Crippen LogP contribution in [0.2, 0.25) is 5.02 Å². The van der Waals surface area contributed by atoms with Crippen molar-refractivity contribution in [2.45, 2.75) is 13.5 Å². The summed E-state index contributed by atoms with van der Waals surface area (Å²) in [7, 11) is 0. The van der Waals surface area contributed by atoms with Crippen LogP contribution >= 0.6 is 11.6 Å². The topological polar surface area (TPSA) is 99.4 Å². The predicted octanol–water partition coefficient (Wildman–Crippen LogP) is 5.47. The van der Waals surface area contributed by atoms with Gasteiger partial charge in [0.25, 0.3) is 5.91 Å². The Morgan fingerprint density at radius 1 is 1.12 bits per heavy atom. The molecule has 0 saturated carbocycles. The van der Waals surface area contributed by atoms with Crippen molar-refractivity contribution >= 4 is 35.2 Å². The van der Waals surface area contributed by atoms with Gasteiger partial charge in [-0.3, -0.25) is 4.79 Å². The third-order valence-corrected chi connectivity index (χ3v) is 4.92. The predicted molar refractivity (Wildman–Crippen MR) is 123 cm³/mol. The van der Waals surface area contributed by atoms with Crippen molar-refractivity contribution in [3.8, 4) is 11.8 Å². The fraction of sp³-hybridized carbons (Fsp3) is 0.0800. The molecule has 6 nitrogen and oxygen atoms in total. The minimum absolute atomic E-state index is 0.0588. The molecule has 0 aliphatic rings. The number of hydrogen-bond acceptors (Lipinski definition) is 4. The second-order valence-electron chi connectivity index (χ2n) is 6.92.